The molecule has 1 amide bonds. The zero-order valence-electron chi connectivity index (χ0n) is 14.1. The Hall–Kier alpha value is -2.64. The molecule has 0 bridgehead atoms. The lowest BCUT2D eigenvalue weighted by Crippen LogP contribution is -2.24. The number of carbonyl (C=O) groups is 1. The molecule has 3 aromatic carbocycles. The van der Waals surface area contributed by atoms with Crippen molar-refractivity contribution in [2.45, 2.75) is 11.4 Å². The Kier molecular flexibility index (Phi) is 5.93. The van der Waals surface area contributed by atoms with Crippen molar-refractivity contribution in [3.8, 4) is 5.75 Å². The summed E-state index contributed by atoms with van der Waals surface area (Å²) in [6.07, 6.45) is 0. The van der Waals surface area contributed by atoms with E-state index in [1.807, 2.05) is 30.3 Å². The Bertz CT molecular complexity index is 1050. The fourth-order valence-electron chi connectivity index (χ4n) is 2.41. The highest BCUT2D eigenvalue weighted by molar-refractivity contribution is 9.10. The molecule has 7 heteroatoms. The molecule has 0 atom stereocenters. The molecule has 0 fully saturated rings. The molecule has 5 nitrogen and oxygen atoms in total. The van der Waals surface area contributed by atoms with Gasteiger partial charge < -0.3 is 9.50 Å². The average Bonchev–Trinajstić information content (AvgIpc) is 2.67. The summed E-state index contributed by atoms with van der Waals surface area (Å²) in [5.74, 6) is -0.449. The van der Waals surface area contributed by atoms with E-state index in [1.165, 1.54) is 18.2 Å². The van der Waals surface area contributed by atoms with Crippen molar-refractivity contribution >= 4 is 32.0 Å². The molecule has 0 saturated heterocycles. The van der Waals surface area contributed by atoms with E-state index in [1.54, 1.807) is 30.3 Å². The summed E-state index contributed by atoms with van der Waals surface area (Å²) >= 11 is 3.21. The monoisotopic (exact) mass is 445 g/mol. The van der Waals surface area contributed by atoms with E-state index in [0.717, 1.165) is 5.56 Å². The quantitative estimate of drug-likeness (QED) is 0.578. The van der Waals surface area contributed by atoms with Gasteiger partial charge in [0.1, 0.15) is 4.90 Å². The standard InChI is InChI=1S/C20H16BrNO4S/c21-17-11-5-7-13-19(17)27(24,25)26-18-12-6-4-10-16(18)20(23)22-14-15-8-2-1-3-9-15/h1-13H,14H2,(H,22,23). The van der Waals surface area contributed by atoms with Crippen molar-refractivity contribution in [2.24, 2.45) is 0 Å². The first kappa shape index (κ1) is 19.1. The van der Waals surface area contributed by atoms with Crippen LogP contribution in [0.4, 0.5) is 0 Å². The van der Waals surface area contributed by atoms with E-state index in [-0.39, 0.29) is 16.2 Å². The molecule has 0 saturated carbocycles. The lowest BCUT2D eigenvalue weighted by Gasteiger charge is -2.12. The Labute approximate surface area is 166 Å². The fraction of sp³-hybridized carbons (Fsp3) is 0.0500. The van der Waals surface area contributed by atoms with E-state index in [2.05, 4.69) is 21.2 Å². The maximum Gasteiger partial charge on any atom is 0.340 e. The molecule has 3 aromatic rings. The van der Waals surface area contributed by atoms with Gasteiger partial charge in [-0.05, 0) is 45.8 Å². The van der Waals surface area contributed by atoms with Crippen LogP contribution in [0.2, 0.25) is 0 Å². The van der Waals surface area contributed by atoms with Crippen LogP contribution in [0.3, 0.4) is 0 Å². The van der Waals surface area contributed by atoms with Gasteiger partial charge in [-0.2, -0.15) is 8.42 Å². The van der Waals surface area contributed by atoms with Crippen LogP contribution in [0.15, 0.2) is 88.2 Å². The Morgan fingerprint density at radius 2 is 1.52 bits per heavy atom. The minimum absolute atomic E-state index is 0.00973. The molecular weight excluding hydrogens is 430 g/mol. The number of hydrogen-bond donors (Lipinski definition) is 1. The lowest BCUT2D eigenvalue weighted by molar-refractivity contribution is 0.0949. The van der Waals surface area contributed by atoms with Crippen molar-refractivity contribution in [3.05, 3.63) is 94.5 Å². The van der Waals surface area contributed by atoms with E-state index in [9.17, 15) is 13.2 Å². The zero-order chi connectivity index (χ0) is 19.3. The fourth-order valence-corrected chi connectivity index (χ4v) is 4.31. The van der Waals surface area contributed by atoms with Gasteiger partial charge in [0.15, 0.2) is 5.75 Å². The maximum atomic E-state index is 12.6. The number of benzene rings is 3. The number of carbonyl (C=O) groups excluding carboxylic acids is 1. The molecule has 0 spiro atoms. The number of nitrogens with one attached hydrogen (secondary N) is 1. The molecule has 0 aliphatic heterocycles. The minimum Gasteiger partial charge on any atom is -0.378 e. The third-order valence-electron chi connectivity index (χ3n) is 3.73. The summed E-state index contributed by atoms with van der Waals surface area (Å²) in [6, 6.07) is 22.0. The molecule has 1 N–H and O–H groups in total. The predicted octanol–water partition coefficient (Wildman–Crippen LogP) is 4.15. The highest BCUT2D eigenvalue weighted by atomic mass is 79.9. The van der Waals surface area contributed by atoms with Crippen LogP contribution in [0.1, 0.15) is 15.9 Å². The smallest absolute Gasteiger partial charge is 0.340 e. The third-order valence-corrected chi connectivity index (χ3v) is 5.98. The first-order chi connectivity index (χ1) is 13.0. The molecule has 0 radical (unpaired) electrons. The van der Waals surface area contributed by atoms with Crippen LogP contribution >= 0.6 is 15.9 Å². The van der Waals surface area contributed by atoms with E-state index >= 15 is 0 Å². The van der Waals surface area contributed by atoms with Gasteiger partial charge in [-0.15, -0.1) is 0 Å². The summed E-state index contributed by atoms with van der Waals surface area (Å²) in [4.78, 5) is 12.5. The number of para-hydroxylation sites is 1. The molecule has 3 rings (SSSR count). The van der Waals surface area contributed by atoms with Gasteiger partial charge >= 0.3 is 10.1 Å². The second kappa shape index (κ2) is 8.37. The normalized spacial score (nSPS) is 11.0. The third kappa shape index (κ3) is 4.75. The minimum atomic E-state index is -4.09. The summed E-state index contributed by atoms with van der Waals surface area (Å²) < 4.78 is 30.8. The van der Waals surface area contributed by atoms with E-state index < -0.39 is 16.0 Å². The molecule has 0 aromatic heterocycles. The molecule has 0 heterocycles. The van der Waals surface area contributed by atoms with Crippen molar-refractivity contribution in [1.82, 2.24) is 5.32 Å². The highest BCUT2D eigenvalue weighted by Gasteiger charge is 2.22. The molecule has 0 aliphatic carbocycles. The lowest BCUT2D eigenvalue weighted by atomic mass is 10.1. The van der Waals surface area contributed by atoms with Crippen molar-refractivity contribution in [3.63, 3.8) is 0 Å². The number of rotatable bonds is 6. The second-order valence-corrected chi connectivity index (χ2v) is 8.00. The average molecular weight is 446 g/mol. The number of hydrogen-bond acceptors (Lipinski definition) is 4. The van der Waals surface area contributed by atoms with Crippen molar-refractivity contribution in [2.75, 3.05) is 0 Å². The van der Waals surface area contributed by atoms with Gasteiger partial charge in [0.05, 0.1) is 5.56 Å². The van der Waals surface area contributed by atoms with Crippen LogP contribution in [0.25, 0.3) is 0 Å². The topological polar surface area (TPSA) is 72.5 Å². The molecule has 0 unspecified atom stereocenters. The van der Waals surface area contributed by atoms with Crippen molar-refractivity contribution in [1.29, 1.82) is 0 Å². The van der Waals surface area contributed by atoms with E-state index in [0.29, 0.717) is 11.0 Å². The maximum absolute atomic E-state index is 12.6. The Balaban J connectivity index is 1.81. The predicted molar refractivity (Wildman–Crippen MR) is 106 cm³/mol. The van der Waals surface area contributed by atoms with Crippen LogP contribution in [-0.4, -0.2) is 14.3 Å². The zero-order valence-corrected chi connectivity index (χ0v) is 16.5. The summed E-state index contributed by atoms with van der Waals surface area (Å²) in [7, 11) is -4.09. The van der Waals surface area contributed by atoms with Crippen molar-refractivity contribution < 1.29 is 17.4 Å². The summed E-state index contributed by atoms with van der Waals surface area (Å²) in [6.45, 7) is 0.324. The molecule has 0 aliphatic rings. The molecule has 138 valence electrons. The Morgan fingerprint density at radius 3 is 2.26 bits per heavy atom. The van der Waals surface area contributed by atoms with Gasteiger partial charge in [-0.25, -0.2) is 0 Å². The SMILES string of the molecule is O=C(NCc1ccccc1)c1ccccc1OS(=O)(=O)c1ccccc1Br. The first-order valence-corrected chi connectivity index (χ1v) is 10.3. The summed E-state index contributed by atoms with van der Waals surface area (Å²) in [5, 5.41) is 2.77. The van der Waals surface area contributed by atoms with Gasteiger partial charge in [0, 0.05) is 11.0 Å². The second-order valence-electron chi connectivity index (χ2n) is 5.63. The van der Waals surface area contributed by atoms with Crippen LogP contribution in [-0.2, 0) is 16.7 Å². The largest absolute Gasteiger partial charge is 0.378 e. The van der Waals surface area contributed by atoms with E-state index in [4.69, 9.17) is 4.18 Å². The molecule has 27 heavy (non-hydrogen) atoms. The number of halogens is 1. The van der Waals surface area contributed by atoms with Gasteiger partial charge in [0.2, 0.25) is 0 Å². The van der Waals surface area contributed by atoms with Gasteiger partial charge in [0.25, 0.3) is 5.91 Å². The summed E-state index contributed by atoms with van der Waals surface area (Å²) in [5.41, 5.74) is 1.08. The van der Waals surface area contributed by atoms with Crippen LogP contribution in [0, 0.1) is 0 Å². The van der Waals surface area contributed by atoms with Gasteiger partial charge in [-0.3, -0.25) is 4.79 Å². The van der Waals surface area contributed by atoms with Crippen LogP contribution in [0.5, 0.6) is 5.75 Å². The highest BCUT2D eigenvalue weighted by Crippen LogP contribution is 2.27. The Morgan fingerprint density at radius 1 is 0.889 bits per heavy atom. The number of amides is 1. The first-order valence-electron chi connectivity index (χ1n) is 8.07. The molecular formula is C20H16BrNO4S. The van der Waals surface area contributed by atoms with Crippen LogP contribution < -0.4 is 9.50 Å². The van der Waals surface area contributed by atoms with Gasteiger partial charge in [-0.1, -0.05) is 54.6 Å².